The third-order valence-electron chi connectivity index (χ3n) is 6.51. The average molecular weight is 499 g/mol. The van der Waals surface area contributed by atoms with Crippen molar-refractivity contribution in [2.45, 2.75) is 17.2 Å². The van der Waals surface area contributed by atoms with Gasteiger partial charge in [0.05, 0.1) is 25.5 Å². The monoisotopic (exact) mass is 498 g/mol. The molecule has 1 N–H and O–H groups in total. The summed E-state index contributed by atoms with van der Waals surface area (Å²) >= 11 is 1.54. The highest BCUT2D eigenvalue weighted by Crippen LogP contribution is 2.40. The molecule has 0 fully saturated rings. The standard InChI is InChI=1S/C29H26N2O4S/c1-34-26-16-22-24(17-27(26)35-2)31-14-6-8-23(31)21(15-25(22)32)18-10-12-19(13-11-18)30-29(33)20-7-4-5-9-28(20)36-3/h4-14,16-17,21H,15H2,1-3H3,(H,30,33). The summed E-state index contributed by atoms with van der Waals surface area (Å²) in [5.74, 6) is 0.847. The molecule has 1 aliphatic rings. The molecule has 3 aromatic carbocycles. The van der Waals surface area contributed by atoms with E-state index in [1.165, 1.54) is 0 Å². The maximum atomic E-state index is 13.4. The van der Waals surface area contributed by atoms with Crippen LogP contribution in [0.2, 0.25) is 0 Å². The van der Waals surface area contributed by atoms with Gasteiger partial charge in [0.15, 0.2) is 17.3 Å². The molecule has 5 rings (SSSR count). The molecule has 0 bridgehead atoms. The molecule has 1 unspecified atom stereocenters. The first kappa shape index (κ1) is 23.8. The van der Waals surface area contributed by atoms with Crippen LogP contribution in [0.5, 0.6) is 11.5 Å². The Morgan fingerprint density at radius 1 is 0.972 bits per heavy atom. The molecule has 4 aromatic rings. The van der Waals surface area contributed by atoms with Gasteiger partial charge in [0, 0.05) is 46.4 Å². The summed E-state index contributed by atoms with van der Waals surface area (Å²) in [6.07, 6.45) is 4.23. The first-order valence-corrected chi connectivity index (χ1v) is 12.8. The number of thioether (sulfide) groups is 1. The number of Topliss-reactive ketones (excluding diaryl/α,β-unsaturated/α-hetero) is 1. The van der Waals surface area contributed by atoms with E-state index in [0.29, 0.717) is 34.7 Å². The number of aromatic nitrogens is 1. The Morgan fingerprint density at radius 3 is 2.42 bits per heavy atom. The van der Waals surface area contributed by atoms with Crippen molar-refractivity contribution in [3.63, 3.8) is 0 Å². The minimum absolute atomic E-state index is 0.0331. The van der Waals surface area contributed by atoms with Gasteiger partial charge in [-0.25, -0.2) is 0 Å². The van der Waals surface area contributed by atoms with Gasteiger partial charge >= 0.3 is 0 Å². The third kappa shape index (κ3) is 4.27. The van der Waals surface area contributed by atoms with Gasteiger partial charge < -0.3 is 19.4 Å². The molecular weight excluding hydrogens is 472 g/mol. The van der Waals surface area contributed by atoms with Gasteiger partial charge in [0.1, 0.15) is 0 Å². The third-order valence-corrected chi connectivity index (χ3v) is 7.31. The zero-order chi connectivity index (χ0) is 25.2. The SMILES string of the molecule is COc1cc2c(cc1OC)-n1cccc1C(c1ccc(NC(=O)c3ccccc3SC)cc1)CC2=O. The second-order valence-electron chi connectivity index (χ2n) is 8.48. The van der Waals surface area contributed by atoms with Crippen LogP contribution in [0.3, 0.4) is 0 Å². The van der Waals surface area contributed by atoms with E-state index in [4.69, 9.17) is 9.47 Å². The van der Waals surface area contributed by atoms with Gasteiger partial charge in [0.25, 0.3) is 5.91 Å². The van der Waals surface area contributed by atoms with E-state index in [1.807, 2.05) is 83.7 Å². The first-order valence-electron chi connectivity index (χ1n) is 11.5. The lowest BCUT2D eigenvalue weighted by Gasteiger charge is -2.17. The summed E-state index contributed by atoms with van der Waals surface area (Å²) in [4.78, 5) is 27.1. The fourth-order valence-electron chi connectivity index (χ4n) is 4.71. The predicted molar refractivity (Wildman–Crippen MR) is 142 cm³/mol. The first-order chi connectivity index (χ1) is 17.5. The highest BCUT2D eigenvalue weighted by atomic mass is 32.2. The quantitative estimate of drug-likeness (QED) is 0.321. The number of ketones is 1. The zero-order valence-electron chi connectivity index (χ0n) is 20.3. The lowest BCUT2D eigenvalue weighted by atomic mass is 9.90. The molecule has 182 valence electrons. The van der Waals surface area contributed by atoms with Crippen LogP contribution in [-0.2, 0) is 0 Å². The molecule has 0 aliphatic carbocycles. The fourth-order valence-corrected chi connectivity index (χ4v) is 5.30. The highest BCUT2D eigenvalue weighted by molar-refractivity contribution is 7.98. The maximum Gasteiger partial charge on any atom is 0.256 e. The molecule has 7 heteroatoms. The number of anilines is 1. The number of benzene rings is 3. The van der Waals surface area contributed by atoms with E-state index in [0.717, 1.165) is 21.8 Å². The van der Waals surface area contributed by atoms with Crippen LogP contribution < -0.4 is 14.8 Å². The summed E-state index contributed by atoms with van der Waals surface area (Å²) in [6.45, 7) is 0. The van der Waals surface area contributed by atoms with Crippen LogP contribution in [0, 0.1) is 0 Å². The Labute approximate surface area is 214 Å². The largest absolute Gasteiger partial charge is 0.493 e. The zero-order valence-corrected chi connectivity index (χ0v) is 21.1. The highest BCUT2D eigenvalue weighted by Gasteiger charge is 2.29. The number of amides is 1. The second kappa shape index (κ2) is 9.95. The average Bonchev–Trinajstić information content (AvgIpc) is 3.37. The van der Waals surface area contributed by atoms with Crippen molar-refractivity contribution < 1.29 is 19.1 Å². The van der Waals surface area contributed by atoms with Gasteiger partial charge in [-0.1, -0.05) is 24.3 Å². The van der Waals surface area contributed by atoms with Crippen molar-refractivity contribution >= 4 is 29.1 Å². The minimum Gasteiger partial charge on any atom is -0.493 e. The number of rotatable bonds is 6. The van der Waals surface area contributed by atoms with Crippen LogP contribution in [0.1, 0.15) is 44.3 Å². The Kier molecular flexibility index (Phi) is 6.57. The molecule has 0 radical (unpaired) electrons. The second-order valence-corrected chi connectivity index (χ2v) is 9.33. The molecule has 6 nitrogen and oxygen atoms in total. The molecule has 1 aromatic heterocycles. The van der Waals surface area contributed by atoms with E-state index < -0.39 is 0 Å². The Balaban J connectivity index is 1.45. The van der Waals surface area contributed by atoms with Crippen molar-refractivity contribution in [2.75, 3.05) is 25.8 Å². The molecule has 0 spiro atoms. The van der Waals surface area contributed by atoms with Gasteiger partial charge in [-0.3, -0.25) is 9.59 Å². The van der Waals surface area contributed by atoms with Crippen molar-refractivity contribution in [1.29, 1.82) is 0 Å². The molecule has 1 atom stereocenters. The number of carbonyl (C=O) groups excluding carboxylic acids is 2. The van der Waals surface area contributed by atoms with Crippen molar-refractivity contribution in [1.82, 2.24) is 4.57 Å². The summed E-state index contributed by atoms with van der Waals surface area (Å²) in [6, 6.07) is 22.9. The van der Waals surface area contributed by atoms with Crippen LogP contribution in [0.25, 0.3) is 5.69 Å². The number of ether oxygens (including phenoxy) is 2. The molecule has 0 saturated heterocycles. The van der Waals surface area contributed by atoms with E-state index in [-0.39, 0.29) is 17.6 Å². The number of nitrogens with zero attached hydrogens (tertiary/aromatic N) is 1. The smallest absolute Gasteiger partial charge is 0.256 e. The molecule has 2 heterocycles. The predicted octanol–water partition coefficient (Wildman–Crippen LogP) is 6.19. The van der Waals surface area contributed by atoms with Crippen LogP contribution >= 0.6 is 11.8 Å². The molecule has 36 heavy (non-hydrogen) atoms. The number of hydrogen-bond acceptors (Lipinski definition) is 5. The van der Waals surface area contributed by atoms with E-state index in [9.17, 15) is 9.59 Å². The summed E-state index contributed by atoms with van der Waals surface area (Å²) in [5, 5.41) is 2.99. The maximum absolute atomic E-state index is 13.4. The number of hydrogen-bond donors (Lipinski definition) is 1. The molecule has 0 saturated carbocycles. The molecule has 1 amide bonds. The van der Waals surface area contributed by atoms with Gasteiger partial charge in [-0.2, -0.15) is 0 Å². The number of carbonyl (C=O) groups is 2. The van der Waals surface area contributed by atoms with Crippen LogP contribution in [-0.4, -0.2) is 36.7 Å². The Hall–Kier alpha value is -3.97. The fraction of sp³-hybridized carbons (Fsp3) is 0.172. The topological polar surface area (TPSA) is 69.6 Å². The van der Waals surface area contributed by atoms with Crippen LogP contribution in [0.4, 0.5) is 5.69 Å². The van der Waals surface area contributed by atoms with E-state index in [2.05, 4.69) is 5.32 Å². The summed E-state index contributed by atoms with van der Waals surface area (Å²) in [5.41, 5.74) is 4.73. The van der Waals surface area contributed by atoms with Crippen molar-refractivity contribution in [3.8, 4) is 17.2 Å². The van der Waals surface area contributed by atoms with Gasteiger partial charge in [-0.05, 0) is 54.3 Å². The van der Waals surface area contributed by atoms with E-state index in [1.54, 1.807) is 32.0 Å². The lowest BCUT2D eigenvalue weighted by Crippen LogP contribution is -2.13. The number of nitrogens with one attached hydrogen (secondary N) is 1. The molecular formula is C29H26N2O4S. The summed E-state index contributed by atoms with van der Waals surface area (Å²) in [7, 11) is 3.15. The lowest BCUT2D eigenvalue weighted by molar-refractivity contribution is 0.0977. The van der Waals surface area contributed by atoms with Gasteiger partial charge in [-0.15, -0.1) is 11.8 Å². The minimum atomic E-state index is -0.149. The Morgan fingerprint density at radius 2 is 1.69 bits per heavy atom. The Bertz CT molecular complexity index is 1440. The van der Waals surface area contributed by atoms with Gasteiger partial charge in [0.2, 0.25) is 0 Å². The summed E-state index contributed by atoms with van der Waals surface area (Å²) < 4.78 is 13.0. The van der Waals surface area contributed by atoms with E-state index >= 15 is 0 Å². The number of methoxy groups -OCH3 is 2. The van der Waals surface area contributed by atoms with Crippen molar-refractivity contribution in [3.05, 3.63) is 101 Å². The normalized spacial score (nSPS) is 14.4. The van der Waals surface area contributed by atoms with Crippen LogP contribution in [0.15, 0.2) is 83.9 Å². The number of fused-ring (bicyclic) bond motifs is 3. The molecule has 1 aliphatic heterocycles. The van der Waals surface area contributed by atoms with Crippen molar-refractivity contribution in [2.24, 2.45) is 0 Å².